The van der Waals surface area contributed by atoms with Crippen LogP contribution in [-0.4, -0.2) is 33.4 Å². The maximum atomic E-state index is 13.1. The minimum Gasteiger partial charge on any atom is -0.339 e. The van der Waals surface area contributed by atoms with Crippen molar-refractivity contribution in [2.45, 2.75) is 71.8 Å². The highest BCUT2D eigenvalue weighted by molar-refractivity contribution is 5.77. The minimum atomic E-state index is -0.0968. The first-order valence-corrected chi connectivity index (χ1v) is 10.3. The molecular formula is C21H31N3O2. The van der Waals surface area contributed by atoms with E-state index in [-0.39, 0.29) is 11.5 Å². The number of nitrogens with one attached hydrogen (secondary N) is 1. The van der Waals surface area contributed by atoms with Crippen LogP contribution in [0.1, 0.15) is 62.5 Å². The Morgan fingerprint density at radius 3 is 2.27 bits per heavy atom. The molecule has 0 unspecified atom stereocenters. The molecule has 5 heteroatoms. The predicted octanol–water partition coefficient (Wildman–Crippen LogP) is 2.99. The van der Waals surface area contributed by atoms with Crippen molar-refractivity contribution in [3.63, 3.8) is 0 Å². The van der Waals surface area contributed by atoms with Gasteiger partial charge in [-0.1, -0.05) is 0 Å². The van der Waals surface area contributed by atoms with Gasteiger partial charge in [-0.15, -0.1) is 0 Å². The first-order valence-electron chi connectivity index (χ1n) is 10.3. The van der Waals surface area contributed by atoms with E-state index in [1.807, 2.05) is 6.92 Å². The van der Waals surface area contributed by atoms with Crippen LogP contribution in [0.3, 0.4) is 0 Å². The fraction of sp³-hybridized carbons (Fsp3) is 0.762. The molecule has 1 amide bonds. The zero-order valence-electron chi connectivity index (χ0n) is 16.3. The van der Waals surface area contributed by atoms with Crippen molar-refractivity contribution < 1.29 is 4.79 Å². The van der Waals surface area contributed by atoms with E-state index >= 15 is 0 Å². The quantitative estimate of drug-likeness (QED) is 0.881. The summed E-state index contributed by atoms with van der Waals surface area (Å²) < 4.78 is 0. The maximum Gasteiger partial charge on any atom is 0.254 e. The second-order valence-electron chi connectivity index (χ2n) is 8.82. The molecule has 5 nitrogen and oxygen atoms in total. The smallest absolute Gasteiger partial charge is 0.254 e. The lowest BCUT2D eigenvalue weighted by Gasteiger charge is -2.57. The van der Waals surface area contributed by atoms with Gasteiger partial charge in [0.1, 0.15) is 5.82 Å². The van der Waals surface area contributed by atoms with Gasteiger partial charge in [0, 0.05) is 30.3 Å². The summed E-state index contributed by atoms with van der Waals surface area (Å²) in [5.41, 5.74) is 1.31. The summed E-state index contributed by atoms with van der Waals surface area (Å²) in [4.78, 5) is 34.5. The molecule has 26 heavy (non-hydrogen) atoms. The highest BCUT2D eigenvalue weighted by atomic mass is 16.2. The lowest BCUT2D eigenvalue weighted by molar-refractivity contribution is -0.143. The molecule has 4 fully saturated rings. The van der Waals surface area contributed by atoms with Crippen LogP contribution >= 0.6 is 0 Å². The van der Waals surface area contributed by atoms with Crippen LogP contribution < -0.4 is 5.56 Å². The fourth-order valence-corrected chi connectivity index (χ4v) is 6.38. The van der Waals surface area contributed by atoms with E-state index in [0.717, 1.165) is 24.1 Å². The number of H-pyrrole nitrogens is 1. The summed E-state index contributed by atoms with van der Waals surface area (Å²) in [5, 5.41) is 0. The summed E-state index contributed by atoms with van der Waals surface area (Å²) in [6.45, 7) is 6.54. The molecule has 1 aromatic rings. The van der Waals surface area contributed by atoms with Gasteiger partial charge in [-0.05, 0) is 83.0 Å². The second-order valence-corrected chi connectivity index (χ2v) is 8.82. The van der Waals surface area contributed by atoms with E-state index in [1.54, 1.807) is 6.92 Å². The molecule has 142 valence electrons. The highest BCUT2D eigenvalue weighted by Crippen LogP contribution is 2.55. The van der Waals surface area contributed by atoms with Crippen molar-refractivity contribution in [3.8, 4) is 0 Å². The molecule has 0 aromatic carbocycles. The number of nitrogens with zero attached hydrogens (tertiary/aromatic N) is 2. The molecule has 5 rings (SSSR count). The van der Waals surface area contributed by atoms with Crippen molar-refractivity contribution in [3.05, 3.63) is 27.4 Å². The summed E-state index contributed by atoms with van der Waals surface area (Å²) in [6, 6.07) is 0.441. The number of carbonyl (C=O) groups excluding carboxylic acids is 1. The van der Waals surface area contributed by atoms with Gasteiger partial charge >= 0.3 is 0 Å². The lowest BCUT2D eigenvalue weighted by Crippen LogP contribution is -2.57. The molecule has 1 aromatic heterocycles. The average molecular weight is 357 g/mol. The Morgan fingerprint density at radius 2 is 1.73 bits per heavy atom. The van der Waals surface area contributed by atoms with Gasteiger partial charge in [0.25, 0.3) is 5.56 Å². The Hall–Kier alpha value is -1.65. The molecule has 0 atom stereocenters. The number of hydrogen-bond acceptors (Lipinski definition) is 3. The van der Waals surface area contributed by atoms with Crippen LogP contribution in [0.15, 0.2) is 4.79 Å². The molecule has 1 N–H and O–H groups in total. The molecule has 4 aliphatic carbocycles. The monoisotopic (exact) mass is 357 g/mol. The number of amides is 1. The lowest BCUT2D eigenvalue weighted by atomic mass is 9.54. The Morgan fingerprint density at radius 1 is 1.12 bits per heavy atom. The van der Waals surface area contributed by atoms with Gasteiger partial charge in [0.2, 0.25) is 5.91 Å². The highest BCUT2D eigenvalue weighted by Gasteiger charge is 2.50. The van der Waals surface area contributed by atoms with E-state index in [1.165, 1.54) is 32.1 Å². The molecule has 4 aliphatic rings. The average Bonchev–Trinajstić information content (AvgIpc) is 2.56. The predicted molar refractivity (Wildman–Crippen MR) is 101 cm³/mol. The van der Waals surface area contributed by atoms with Crippen LogP contribution in [0.5, 0.6) is 0 Å². The number of carbonyl (C=O) groups is 1. The Labute approximate surface area is 155 Å². The van der Waals surface area contributed by atoms with E-state index in [9.17, 15) is 9.59 Å². The van der Waals surface area contributed by atoms with Gasteiger partial charge in [-0.25, -0.2) is 4.98 Å². The number of aromatic nitrogens is 2. The largest absolute Gasteiger partial charge is 0.339 e. The molecule has 0 spiro atoms. The molecular weight excluding hydrogens is 326 g/mol. The fourth-order valence-electron chi connectivity index (χ4n) is 6.38. The van der Waals surface area contributed by atoms with Crippen LogP contribution in [0.25, 0.3) is 0 Å². The third-order valence-corrected chi connectivity index (χ3v) is 7.13. The molecule has 0 aliphatic heterocycles. The third kappa shape index (κ3) is 3.10. The zero-order valence-corrected chi connectivity index (χ0v) is 16.3. The number of aryl methyl sites for hydroxylation is 2. The van der Waals surface area contributed by atoms with E-state index in [2.05, 4.69) is 21.8 Å². The Kier molecular flexibility index (Phi) is 4.66. The zero-order chi connectivity index (χ0) is 18.4. The number of rotatable bonds is 5. The normalized spacial score (nSPS) is 32.0. The standard InChI is InChI=1S/C21H31N3O2/c1-4-24(20-16-8-14-7-15(10-16)11-17(20)9-14)19(25)6-5-18-12(2)22-13(3)23-21(18)26/h14-17,20H,4-11H2,1-3H3,(H,22,23,26). The molecule has 4 bridgehead atoms. The summed E-state index contributed by atoms with van der Waals surface area (Å²) >= 11 is 0. The number of aromatic amines is 1. The molecule has 0 radical (unpaired) electrons. The first kappa shape index (κ1) is 17.7. The first-order chi connectivity index (χ1) is 12.5. The van der Waals surface area contributed by atoms with E-state index < -0.39 is 0 Å². The van der Waals surface area contributed by atoms with E-state index in [0.29, 0.717) is 42.1 Å². The van der Waals surface area contributed by atoms with Gasteiger partial charge in [-0.3, -0.25) is 9.59 Å². The summed E-state index contributed by atoms with van der Waals surface area (Å²) in [5.74, 6) is 4.10. The van der Waals surface area contributed by atoms with Crippen molar-refractivity contribution >= 4 is 5.91 Å². The molecule has 1 heterocycles. The second kappa shape index (κ2) is 6.82. The van der Waals surface area contributed by atoms with Gasteiger partial charge < -0.3 is 9.88 Å². The van der Waals surface area contributed by atoms with Crippen molar-refractivity contribution in [2.24, 2.45) is 23.7 Å². The van der Waals surface area contributed by atoms with Gasteiger partial charge in [0.05, 0.1) is 0 Å². The van der Waals surface area contributed by atoms with Crippen LogP contribution in [-0.2, 0) is 11.2 Å². The van der Waals surface area contributed by atoms with Crippen LogP contribution in [0.2, 0.25) is 0 Å². The summed E-state index contributed by atoms with van der Waals surface area (Å²) in [7, 11) is 0. The topological polar surface area (TPSA) is 66.1 Å². The molecule has 4 saturated carbocycles. The van der Waals surface area contributed by atoms with Crippen molar-refractivity contribution in [1.82, 2.24) is 14.9 Å². The van der Waals surface area contributed by atoms with Gasteiger partial charge in [-0.2, -0.15) is 0 Å². The summed E-state index contributed by atoms with van der Waals surface area (Å²) in [6.07, 6.45) is 7.61. The maximum absolute atomic E-state index is 13.1. The Balaban J connectivity index is 1.46. The van der Waals surface area contributed by atoms with Gasteiger partial charge in [0.15, 0.2) is 0 Å². The molecule has 0 saturated heterocycles. The van der Waals surface area contributed by atoms with Crippen molar-refractivity contribution in [1.29, 1.82) is 0 Å². The van der Waals surface area contributed by atoms with Crippen molar-refractivity contribution in [2.75, 3.05) is 6.54 Å². The Bertz CT molecular complexity index is 726. The SMILES string of the molecule is CCN(C(=O)CCc1c(C)nc(C)[nH]c1=O)C1C2CC3CC(C2)CC1C3. The minimum absolute atomic E-state index is 0.0968. The van der Waals surface area contributed by atoms with E-state index in [4.69, 9.17) is 0 Å². The van der Waals surface area contributed by atoms with Crippen LogP contribution in [0, 0.1) is 37.5 Å². The third-order valence-electron chi connectivity index (χ3n) is 7.13. The van der Waals surface area contributed by atoms with Crippen LogP contribution in [0.4, 0.5) is 0 Å². The number of hydrogen-bond donors (Lipinski definition) is 1.